The van der Waals surface area contributed by atoms with E-state index in [4.69, 9.17) is 10.5 Å². The molecule has 1 aromatic carbocycles. The predicted octanol–water partition coefficient (Wildman–Crippen LogP) is 3.27. The standard InChI is InChI=1S/C23H20F2N6O2/c1-13(18-8-15(24)10-28-23(18)25)33-21-7-6-20-27-11-19(31(20)29-21)14-2-4-17(5-3-14)30-12-16(26)9-22(30)32/h2-8,10-11,13,16H,9,12,26H2,1H3/t13?,16-/m0/s1. The molecule has 1 saturated heterocycles. The van der Waals surface area contributed by atoms with E-state index < -0.39 is 17.9 Å². The van der Waals surface area contributed by atoms with Gasteiger partial charge >= 0.3 is 0 Å². The molecule has 4 heterocycles. The zero-order valence-corrected chi connectivity index (χ0v) is 17.7. The van der Waals surface area contributed by atoms with Crippen molar-refractivity contribution in [1.29, 1.82) is 0 Å². The van der Waals surface area contributed by atoms with Crippen molar-refractivity contribution in [3.05, 3.63) is 72.2 Å². The molecule has 1 aliphatic heterocycles. The second kappa shape index (κ2) is 8.21. The summed E-state index contributed by atoms with van der Waals surface area (Å²) in [4.78, 5) is 21.5. The molecule has 2 N–H and O–H groups in total. The van der Waals surface area contributed by atoms with Crippen LogP contribution in [0.1, 0.15) is 25.0 Å². The number of carbonyl (C=O) groups excluding carboxylic acids is 1. The van der Waals surface area contributed by atoms with Crippen molar-refractivity contribution < 1.29 is 18.3 Å². The van der Waals surface area contributed by atoms with Crippen LogP contribution in [0.5, 0.6) is 5.88 Å². The van der Waals surface area contributed by atoms with Gasteiger partial charge in [0.2, 0.25) is 17.7 Å². The van der Waals surface area contributed by atoms with Crippen LogP contribution in [-0.4, -0.2) is 38.1 Å². The van der Waals surface area contributed by atoms with E-state index in [-0.39, 0.29) is 23.4 Å². The zero-order valence-electron chi connectivity index (χ0n) is 17.7. The van der Waals surface area contributed by atoms with Crippen LogP contribution in [-0.2, 0) is 4.79 Å². The van der Waals surface area contributed by atoms with Gasteiger partial charge in [-0.25, -0.2) is 18.9 Å². The molecule has 0 radical (unpaired) electrons. The molecule has 4 aromatic rings. The monoisotopic (exact) mass is 450 g/mol. The van der Waals surface area contributed by atoms with Crippen molar-refractivity contribution >= 4 is 17.2 Å². The number of hydrogen-bond acceptors (Lipinski definition) is 6. The molecule has 1 fully saturated rings. The van der Waals surface area contributed by atoms with E-state index in [1.54, 1.807) is 34.7 Å². The molecule has 1 unspecified atom stereocenters. The predicted molar refractivity (Wildman–Crippen MR) is 117 cm³/mol. The van der Waals surface area contributed by atoms with Crippen molar-refractivity contribution in [1.82, 2.24) is 19.6 Å². The zero-order chi connectivity index (χ0) is 23.1. The Morgan fingerprint density at radius 3 is 2.64 bits per heavy atom. The number of benzene rings is 1. The average molecular weight is 450 g/mol. The molecule has 0 aliphatic carbocycles. The van der Waals surface area contributed by atoms with E-state index in [9.17, 15) is 13.6 Å². The van der Waals surface area contributed by atoms with Gasteiger partial charge in [-0.05, 0) is 31.2 Å². The maximum atomic E-state index is 14.0. The number of carbonyl (C=O) groups is 1. The Bertz CT molecular complexity index is 1340. The van der Waals surface area contributed by atoms with Crippen LogP contribution in [0, 0.1) is 11.8 Å². The fourth-order valence-electron chi connectivity index (χ4n) is 3.88. The minimum Gasteiger partial charge on any atom is -0.469 e. The molecule has 0 saturated carbocycles. The van der Waals surface area contributed by atoms with Crippen LogP contribution in [0.4, 0.5) is 14.5 Å². The molecule has 5 rings (SSSR count). The van der Waals surface area contributed by atoms with Crippen LogP contribution in [0.2, 0.25) is 0 Å². The fraction of sp³-hybridized carbons (Fsp3) is 0.217. The molecule has 33 heavy (non-hydrogen) atoms. The molecular formula is C23H20F2N6O2. The van der Waals surface area contributed by atoms with Gasteiger partial charge in [0.05, 0.1) is 23.7 Å². The minimum atomic E-state index is -0.811. The van der Waals surface area contributed by atoms with Crippen LogP contribution in [0.15, 0.2) is 54.9 Å². The number of aromatic nitrogens is 4. The fourth-order valence-corrected chi connectivity index (χ4v) is 3.88. The van der Waals surface area contributed by atoms with E-state index in [0.717, 1.165) is 23.5 Å². The number of rotatable bonds is 5. The lowest BCUT2D eigenvalue weighted by Gasteiger charge is -2.16. The van der Waals surface area contributed by atoms with E-state index in [1.165, 1.54) is 0 Å². The second-order valence-electron chi connectivity index (χ2n) is 7.89. The van der Waals surface area contributed by atoms with Gasteiger partial charge in [-0.2, -0.15) is 4.39 Å². The topological polar surface area (TPSA) is 98.6 Å². The highest BCUT2D eigenvalue weighted by Gasteiger charge is 2.28. The Hall–Kier alpha value is -3.92. The third-order valence-electron chi connectivity index (χ3n) is 5.54. The molecule has 0 bridgehead atoms. The molecular weight excluding hydrogens is 430 g/mol. The highest BCUT2D eigenvalue weighted by Crippen LogP contribution is 2.28. The number of ether oxygens (including phenoxy) is 1. The number of pyridine rings is 1. The van der Waals surface area contributed by atoms with Crippen molar-refractivity contribution in [2.75, 3.05) is 11.4 Å². The summed E-state index contributed by atoms with van der Waals surface area (Å²) in [7, 11) is 0. The maximum Gasteiger partial charge on any atom is 0.232 e. The first-order valence-electron chi connectivity index (χ1n) is 10.4. The average Bonchev–Trinajstić information content (AvgIpc) is 3.37. The van der Waals surface area contributed by atoms with E-state index in [0.29, 0.717) is 24.3 Å². The Labute approximate surface area is 187 Å². The van der Waals surface area contributed by atoms with E-state index >= 15 is 0 Å². The number of hydrogen-bond donors (Lipinski definition) is 1. The van der Waals surface area contributed by atoms with Crippen LogP contribution >= 0.6 is 0 Å². The van der Waals surface area contributed by atoms with Crippen molar-refractivity contribution in [2.45, 2.75) is 25.5 Å². The van der Waals surface area contributed by atoms with Gasteiger partial charge in [-0.1, -0.05) is 12.1 Å². The van der Waals surface area contributed by atoms with Gasteiger partial charge in [-0.15, -0.1) is 5.10 Å². The maximum absolute atomic E-state index is 14.0. The lowest BCUT2D eigenvalue weighted by atomic mass is 10.1. The molecule has 0 spiro atoms. The number of halogens is 2. The Morgan fingerprint density at radius 2 is 1.91 bits per heavy atom. The number of amides is 1. The van der Waals surface area contributed by atoms with Crippen LogP contribution in [0.25, 0.3) is 16.9 Å². The summed E-state index contributed by atoms with van der Waals surface area (Å²) in [6.07, 6.45) is 2.02. The first-order chi connectivity index (χ1) is 15.9. The number of nitrogens with zero attached hydrogens (tertiary/aromatic N) is 5. The summed E-state index contributed by atoms with van der Waals surface area (Å²) in [6.45, 7) is 2.08. The Balaban J connectivity index is 1.42. The van der Waals surface area contributed by atoms with Crippen molar-refractivity contribution in [2.24, 2.45) is 5.73 Å². The SMILES string of the molecule is CC(Oc1ccc2ncc(-c3ccc(N4C[C@@H](N)CC4=O)cc3)n2n1)c1cc(F)cnc1F. The van der Waals surface area contributed by atoms with Gasteiger partial charge in [-0.3, -0.25) is 4.79 Å². The van der Waals surface area contributed by atoms with Crippen molar-refractivity contribution in [3.63, 3.8) is 0 Å². The quantitative estimate of drug-likeness (QED) is 0.469. The van der Waals surface area contributed by atoms with Gasteiger partial charge in [0, 0.05) is 36.3 Å². The second-order valence-corrected chi connectivity index (χ2v) is 7.89. The van der Waals surface area contributed by atoms with Gasteiger partial charge in [0.1, 0.15) is 11.9 Å². The smallest absolute Gasteiger partial charge is 0.232 e. The first-order valence-corrected chi connectivity index (χ1v) is 10.4. The summed E-state index contributed by atoms with van der Waals surface area (Å²) in [5.74, 6) is -1.23. The summed E-state index contributed by atoms with van der Waals surface area (Å²) < 4.78 is 34.8. The minimum absolute atomic E-state index is 0.00508. The lowest BCUT2D eigenvalue weighted by molar-refractivity contribution is -0.117. The molecule has 1 amide bonds. The van der Waals surface area contributed by atoms with Gasteiger partial charge < -0.3 is 15.4 Å². The van der Waals surface area contributed by atoms with Crippen LogP contribution in [0.3, 0.4) is 0 Å². The molecule has 168 valence electrons. The highest BCUT2D eigenvalue weighted by molar-refractivity contribution is 5.96. The molecule has 3 aromatic heterocycles. The summed E-state index contributed by atoms with van der Waals surface area (Å²) in [5, 5.41) is 4.47. The highest BCUT2D eigenvalue weighted by atomic mass is 19.1. The summed E-state index contributed by atoms with van der Waals surface area (Å²) in [6, 6.07) is 11.7. The molecule has 1 aliphatic rings. The van der Waals surface area contributed by atoms with Crippen LogP contribution < -0.4 is 15.4 Å². The number of imidazole rings is 1. The number of fused-ring (bicyclic) bond motifs is 1. The van der Waals surface area contributed by atoms with E-state index in [2.05, 4.69) is 15.1 Å². The third kappa shape index (κ3) is 4.00. The number of nitrogens with two attached hydrogens (primary N) is 1. The third-order valence-corrected chi connectivity index (χ3v) is 5.54. The molecule has 8 nitrogen and oxygen atoms in total. The van der Waals surface area contributed by atoms with Gasteiger partial charge in [0.25, 0.3) is 0 Å². The summed E-state index contributed by atoms with van der Waals surface area (Å²) >= 11 is 0. The molecule has 2 atom stereocenters. The first kappa shape index (κ1) is 21.0. The summed E-state index contributed by atoms with van der Waals surface area (Å²) in [5.41, 5.74) is 8.79. The largest absolute Gasteiger partial charge is 0.469 e. The normalized spacial score (nSPS) is 17.0. The van der Waals surface area contributed by atoms with E-state index in [1.807, 2.05) is 24.3 Å². The number of anilines is 1. The Kier molecular flexibility index (Phi) is 5.21. The van der Waals surface area contributed by atoms with Crippen molar-refractivity contribution in [3.8, 4) is 17.1 Å². The van der Waals surface area contributed by atoms with Gasteiger partial charge in [0.15, 0.2) is 5.65 Å². The Morgan fingerprint density at radius 1 is 1.12 bits per heavy atom. The lowest BCUT2D eigenvalue weighted by Crippen LogP contribution is -2.27. The molecule has 10 heteroatoms.